The van der Waals surface area contributed by atoms with E-state index in [1.165, 1.54) is 4.90 Å². The van der Waals surface area contributed by atoms with Gasteiger partial charge in [-0.05, 0) is 39.0 Å². The van der Waals surface area contributed by atoms with Crippen molar-refractivity contribution in [3.63, 3.8) is 0 Å². The van der Waals surface area contributed by atoms with Crippen molar-refractivity contribution in [1.82, 2.24) is 10.2 Å². The molecule has 19 heavy (non-hydrogen) atoms. The number of hydrogen-bond acceptors (Lipinski definition) is 3. The van der Waals surface area contributed by atoms with Crippen LogP contribution in [0.25, 0.3) is 0 Å². The number of amides is 2. The maximum atomic E-state index is 12.2. The molecule has 1 aliphatic heterocycles. The average molecular weight is 325 g/mol. The summed E-state index contributed by atoms with van der Waals surface area (Å²) in [5.74, 6) is -0.416. The minimum absolute atomic E-state index is 0.0261. The number of nitrogens with zero attached hydrogens (tertiary/aromatic N) is 1. The SMILES string of the molecule is CC(C)(C)NCCN1C(=O)c2ccc(Br)cc2C1=O. The van der Waals surface area contributed by atoms with Crippen LogP contribution in [0.4, 0.5) is 0 Å². The highest BCUT2D eigenvalue weighted by Crippen LogP contribution is 2.25. The molecule has 1 aliphatic rings. The first-order valence-electron chi connectivity index (χ1n) is 6.20. The summed E-state index contributed by atoms with van der Waals surface area (Å²) < 4.78 is 0.807. The standard InChI is InChI=1S/C14H17BrN2O2/c1-14(2,3)16-6-7-17-12(18)10-5-4-9(15)8-11(10)13(17)19/h4-5,8,16H,6-7H2,1-3H3. The molecular formula is C14H17BrN2O2. The van der Waals surface area contributed by atoms with E-state index in [4.69, 9.17) is 0 Å². The Morgan fingerprint density at radius 3 is 2.42 bits per heavy atom. The summed E-state index contributed by atoms with van der Waals surface area (Å²) >= 11 is 3.32. The molecule has 0 atom stereocenters. The van der Waals surface area contributed by atoms with E-state index >= 15 is 0 Å². The van der Waals surface area contributed by atoms with Crippen molar-refractivity contribution in [2.24, 2.45) is 0 Å². The molecule has 1 heterocycles. The van der Waals surface area contributed by atoms with Gasteiger partial charge >= 0.3 is 0 Å². The Bertz CT molecular complexity index is 535. The molecule has 0 radical (unpaired) electrons. The molecule has 1 aromatic rings. The van der Waals surface area contributed by atoms with Gasteiger partial charge < -0.3 is 5.32 Å². The van der Waals surface area contributed by atoms with Crippen LogP contribution < -0.4 is 5.32 Å². The van der Waals surface area contributed by atoms with Gasteiger partial charge in [-0.2, -0.15) is 0 Å². The summed E-state index contributed by atoms with van der Waals surface area (Å²) in [6.07, 6.45) is 0. The Morgan fingerprint density at radius 2 is 1.79 bits per heavy atom. The van der Waals surface area contributed by atoms with Crippen molar-refractivity contribution >= 4 is 27.7 Å². The van der Waals surface area contributed by atoms with Gasteiger partial charge in [0.05, 0.1) is 11.1 Å². The number of carbonyl (C=O) groups excluding carboxylic acids is 2. The molecule has 1 N–H and O–H groups in total. The second kappa shape index (κ2) is 5.06. The number of rotatable bonds is 3. The molecule has 0 saturated carbocycles. The summed E-state index contributed by atoms with van der Waals surface area (Å²) in [6.45, 7) is 7.13. The van der Waals surface area contributed by atoms with Gasteiger partial charge in [0.2, 0.25) is 0 Å². The zero-order valence-corrected chi connectivity index (χ0v) is 12.9. The van der Waals surface area contributed by atoms with E-state index in [2.05, 4.69) is 21.2 Å². The molecule has 0 aliphatic carbocycles. The summed E-state index contributed by atoms with van der Waals surface area (Å²) in [4.78, 5) is 25.6. The van der Waals surface area contributed by atoms with Gasteiger partial charge in [0.1, 0.15) is 0 Å². The fourth-order valence-electron chi connectivity index (χ4n) is 2.01. The fourth-order valence-corrected chi connectivity index (χ4v) is 2.37. The molecule has 0 aromatic heterocycles. The lowest BCUT2D eigenvalue weighted by atomic mass is 10.1. The van der Waals surface area contributed by atoms with Gasteiger partial charge in [0.15, 0.2) is 0 Å². The van der Waals surface area contributed by atoms with Gasteiger partial charge in [-0.3, -0.25) is 14.5 Å². The number of fused-ring (bicyclic) bond motifs is 1. The topological polar surface area (TPSA) is 49.4 Å². The van der Waals surface area contributed by atoms with Gasteiger partial charge in [-0.15, -0.1) is 0 Å². The van der Waals surface area contributed by atoms with Crippen LogP contribution in [0.2, 0.25) is 0 Å². The van der Waals surface area contributed by atoms with E-state index < -0.39 is 0 Å². The predicted molar refractivity (Wildman–Crippen MR) is 77.3 cm³/mol. The molecular weight excluding hydrogens is 308 g/mol. The van der Waals surface area contributed by atoms with Crippen LogP contribution in [0.5, 0.6) is 0 Å². The highest BCUT2D eigenvalue weighted by atomic mass is 79.9. The number of nitrogens with one attached hydrogen (secondary N) is 1. The predicted octanol–water partition coefficient (Wildman–Crippen LogP) is 2.43. The first-order chi connectivity index (χ1) is 8.79. The molecule has 0 fully saturated rings. The second-order valence-corrected chi connectivity index (χ2v) is 6.54. The van der Waals surface area contributed by atoms with Crippen LogP contribution in [-0.2, 0) is 0 Å². The van der Waals surface area contributed by atoms with Crippen molar-refractivity contribution in [2.75, 3.05) is 13.1 Å². The minimum Gasteiger partial charge on any atom is -0.310 e. The van der Waals surface area contributed by atoms with Crippen LogP contribution in [0.1, 0.15) is 41.5 Å². The largest absolute Gasteiger partial charge is 0.310 e. The molecule has 1 aromatic carbocycles. The monoisotopic (exact) mass is 324 g/mol. The van der Waals surface area contributed by atoms with Crippen molar-refractivity contribution < 1.29 is 9.59 Å². The number of hydrogen-bond donors (Lipinski definition) is 1. The first kappa shape index (κ1) is 14.2. The Balaban J connectivity index is 2.10. The van der Waals surface area contributed by atoms with E-state index in [0.717, 1.165) is 4.47 Å². The molecule has 2 rings (SSSR count). The normalized spacial score (nSPS) is 15.1. The second-order valence-electron chi connectivity index (χ2n) is 5.63. The summed E-state index contributed by atoms with van der Waals surface area (Å²) in [7, 11) is 0. The molecule has 102 valence electrons. The third kappa shape index (κ3) is 3.04. The zero-order valence-electron chi connectivity index (χ0n) is 11.3. The smallest absolute Gasteiger partial charge is 0.261 e. The fraction of sp³-hybridized carbons (Fsp3) is 0.429. The molecule has 0 spiro atoms. The van der Waals surface area contributed by atoms with Crippen molar-refractivity contribution in [2.45, 2.75) is 26.3 Å². The van der Waals surface area contributed by atoms with Crippen LogP contribution >= 0.6 is 15.9 Å². The van der Waals surface area contributed by atoms with Crippen LogP contribution in [0, 0.1) is 0 Å². The number of imide groups is 1. The third-order valence-electron chi connectivity index (χ3n) is 2.92. The van der Waals surface area contributed by atoms with Crippen LogP contribution in [0.3, 0.4) is 0 Å². The maximum Gasteiger partial charge on any atom is 0.261 e. The summed E-state index contributed by atoms with van der Waals surface area (Å²) in [5.41, 5.74) is 0.945. The van der Waals surface area contributed by atoms with Crippen LogP contribution in [-0.4, -0.2) is 35.3 Å². The van der Waals surface area contributed by atoms with Crippen molar-refractivity contribution in [1.29, 1.82) is 0 Å². The van der Waals surface area contributed by atoms with E-state index in [0.29, 0.717) is 24.2 Å². The zero-order chi connectivity index (χ0) is 14.2. The number of halogens is 1. The van der Waals surface area contributed by atoms with Gasteiger partial charge in [0.25, 0.3) is 11.8 Å². The Morgan fingerprint density at radius 1 is 1.16 bits per heavy atom. The van der Waals surface area contributed by atoms with E-state index in [1.807, 2.05) is 20.8 Å². The molecule has 4 nitrogen and oxygen atoms in total. The average Bonchev–Trinajstić information content (AvgIpc) is 2.52. The highest BCUT2D eigenvalue weighted by Gasteiger charge is 2.35. The molecule has 0 bridgehead atoms. The van der Waals surface area contributed by atoms with Gasteiger partial charge in [-0.25, -0.2) is 0 Å². The van der Waals surface area contributed by atoms with E-state index in [-0.39, 0.29) is 17.4 Å². The Labute approximate surface area is 121 Å². The lowest BCUT2D eigenvalue weighted by Crippen LogP contribution is -2.43. The van der Waals surface area contributed by atoms with E-state index in [1.54, 1.807) is 18.2 Å². The molecule has 0 unspecified atom stereocenters. The number of carbonyl (C=O) groups is 2. The maximum absolute atomic E-state index is 12.2. The van der Waals surface area contributed by atoms with Crippen molar-refractivity contribution in [3.8, 4) is 0 Å². The van der Waals surface area contributed by atoms with Crippen LogP contribution in [0.15, 0.2) is 22.7 Å². The molecule has 5 heteroatoms. The van der Waals surface area contributed by atoms with E-state index in [9.17, 15) is 9.59 Å². The summed E-state index contributed by atoms with van der Waals surface area (Å²) in [6, 6.07) is 5.17. The Hall–Kier alpha value is -1.20. The summed E-state index contributed by atoms with van der Waals surface area (Å²) in [5, 5.41) is 3.27. The molecule has 0 saturated heterocycles. The highest BCUT2D eigenvalue weighted by molar-refractivity contribution is 9.10. The quantitative estimate of drug-likeness (QED) is 0.869. The number of benzene rings is 1. The lowest BCUT2D eigenvalue weighted by Gasteiger charge is -2.22. The minimum atomic E-state index is -0.211. The lowest BCUT2D eigenvalue weighted by molar-refractivity contribution is 0.0652. The van der Waals surface area contributed by atoms with Crippen molar-refractivity contribution in [3.05, 3.63) is 33.8 Å². The van der Waals surface area contributed by atoms with Gasteiger partial charge in [-0.1, -0.05) is 15.9 Å². The molecule has 2 amide bonds. The van der Waals surface area contributed by atoms with Gasteiger partial charge in [0, 0.05) is 23.1 Å². The third-order valence-corrected chi connectivity index (χ3v) is 3.42. The first-order valence-corrected chi connectivity index (χ1v) is 7.00. The Kier molecular flexibility index (Phi) is 3.78.